The van der Waals surface area contributed by atoms with Crippen LogP contribution in [0.25, 0.3) is 10.9 Å². The Bertz CT molecular complexity index is 962. The number of benzene rings is 2. The number of hydrogen-bond donors (Lipinski definition) is 1. The molecule has 0 aliphatic carbocycles. The van der Waals surface area contributed by atoms with Crippen molar-refractivity contribution in [2.24, 2.45) is 0 Å². The second kappa shape index (κ2) is 5.63. The Labute approximate surface area is 135 Å². The molecule has 6 heteroatoms. The fourth-order valence-electron chi connectivity index (χ4n) is 2.51. The lowest BCUT2D eigenvalue weighted by Crippen LogP contribution is -2.37. The maximum Gasteiger partial charge on any atom is 0.329 e. The number of fused-ring (bicyclic) bond motifs is 1. The Morgan fingerprint density at radius 2 is 1.77 bits per heavy atom. The molecule has 0 fully saturated rings. The van der Waals surface area contributed by atoms with Gasteiger partial charge in [0.1, 0.15) is 0 Å². The fourth-order valence-corrected chi connectivity index (χ4v) is 3.08. The van der Waals surface area contributed by atoms with Gasteiger partial charge >= 0.3 is 5.69 Å². The topological polar surface area (TPSA) is 54.9 Å². The summed E-state index contributed by atoms with van der Waals surface area (Å²) in [5, 5.41) is 0.840. The van der Waals surface area contributed by atoms with E-state index in [9.17, 15) is 9.59 Å². The van der Waals surface area contributed by atoms with Crippen molar-refractivity contribution in [3.63, 3.8) is 0 Å². The summed E-state index contributed by atoms with van der Waals surface area (Å²) in [5.74, 6) is 0. The quantitative estimate of drug-likeness (QED) is 0.778. The summed E-state index contributed by atoms with van der Waals surface area (Å²) in [4.78, 5) is 27.7. The molecule has 1 aromatic heterocycles. The Kier molecular flexibility index (Phi) is 3.81. The molecular weight excluding hydrogens is 323 g/mol. The van der Waals surface area contributed by atoms with Crippen molar-refractivity contribution in [1.29, 1.82) is 0 Å². The number of halogens is 2. The Balaban J connectivity index is 2.32. The molecule has 0 spiro atoms. The molecule has 1 atom stereocenters. The van der Waals surface area contributed by atoms with Crippen LogP contribution in [0.3, 0.4) is 0 Å². The molecule has 112 valence electrons. The third-order valence-electron chi connectivity index (χ3n) is 3.62. The van der Waals surface area contributed by atoms with E-state index in [1.165, 1.54) is 12.1 Å². The van der Waals surface area contributed by atoms with Crippen LogP contribution in [0.1, 0.15) is 18.5 Å². The molecule has 0 aliphatic rings. The highest BCUT2D eigenvalue weighted by molar-refractivity contribution is 6.38. The van der Waals surface area contributed by atoms with Crippen molar-refractivity contribution in [3.05, 3.63) is 78.9 Å². The van der Waals surface area contributed by atoms with Gasteiger partial charge in [0.25, 0.3) is 5.56 Å². The summed E-state index contributed by atoms with van der Waals surface area (Å²) in [5.41, 5.74) is 0.271. The third kappa shape index (κ3) is 2.45. The first-order valence-corrected chi connectivity index (χ1v) is 7.43. The second-order valence-electron chi connectivity index (χ2n) is 5.00. The zero-order chi connectivity index (χ0) is 15.9. The summed E-state index contributed by atoms with van der Waals surface area (Å²) in [6.45, 7) is 1.79. The van der Waals surface area contributed by atoms with Crippen LogP contribution in [-0.2, 0) is 0 Å². The summed E-state index contributed by atoms with van der Waals surface area (Å²) in [6, 6.07) is 11.9. The molecule has 0 saturated carbocycles. The van der Waals surface area contributed by atoms with Crippen LogP contribution in [0.4, 0.5) is 0 Å². The van der Waals surface area contributed by atoms with Gasteiger partial charge in [0.15, 0.2) is 0 Å². The number of hydrogen-bond acceptors (Lipinski definition) is 2. The van der Waals surface area contributed by atoms with Crippen molar-refractivity contribution >= 4 is 34.1 Å². The summed E-state index contributed by atoms with van der Waals surface area (Å²) < 4.78 is 1.16. The maximum absolute atomic E-state index is 12.7. The molecule has 0 radical (unpaired) electrons. The first-order valence-electron chi connectivity index (χ1n) is 6.67. The third-order valence-corrected chi connectivity index (χ3v) is 4.13. The first-order chi connectivity index (χ1) is 10.5. The Morgan fingerprint density at radius 1 is 1.09 bits per heavy atom. The van der Waals surface area contributed by atoms with Gasteiger partial charge in [-0.05, 0) is 24.6 Å². The summed E-state index contributed by atoms with van der Waals surface area (Å²) in [7, 11) is 0. The lowest BCUT2D eigenvalue weighted by Gasteiger charge is -2.15. The van der Waals surface area contributed by atoms with Crippen molar-refractivity contribution in [3.8, 4) is 0 Å². The Hall–Kier alpha value is -2.04. The molecule has 2 aromatic carbocycles. The van der Waals surface area contributed by atoms with E-state index in [-0.39, 0.29) is 10.4 Å². The van der Waals surface area contributed by atoms with E-state index in [2.05, 4.69) is 4.98 Å². The highest BCUT2D eigenvalue weighted by atomic mass is 35.5. The lowest BCUT2D eigenvalue weighted by atomic mass is 10.1. The standard InChI is InChI=1S/C16H12Cl2N2O2/c1-9(10-5-3-2-4-6-10)20-15(21)14-12(18)7-11(17)8-13(14)19-16(20)22/h2-9H,1H3,(H,19,22)/t9-/m0/s1. The van der Waals surface area contributed by atoms with Crippen LogP contribution in [-0.4, -0.2) is 9.55 Å². The van der Waals surface area contributed by atoms with E-state index in [1.807, 2.05) is 30.3 Å². The monoisotopic (exact) mass is 334 g/mol. The zero-order valence-electron chi connectivity index (χ0n) is 11.6. The normalized spacial score (nSPS) is 12.5. The van der Waals surface area contributed by atoms with Gasteiger partial charge in [-0.3, -0.25) is 9.36 Å². The van der Waals surface area contributed by atoms with E-state index < -0.39 is 17.3 Å². The maximum atomic E-state index is 12.7. The van der Waals surface area contributed by atoms with Gasteiger partial charge in [-0.1, -0.05) is 53.5 Å². The van der Waals surface area contributed by atoms with Crippen LogP contribution < -0.4 is 11.2 Å². The average Bonchev–Trinajstić information content (AvgIpc) is 2.46. The highest BCUT2D eigenvalue weighted by Crippen LogP contribution is 2.24. The molecule has 3 rings (SSSR count). The predicted molar refractivity (Wildman–Crippen MR) is 89.1 cm³/mol. The molecule has 0 saturated heterocycles. The number of nitrogens with one attached hydrogen (secondary N) is 1. The SMILES string of the molecule is C[C@@H](c1ccccc1)n1c(=O)[nH]c2cc(Cl)cc(Cl)c2c1=O. The molecule has 1 N–H and O–H groups in total. The first kappa shape index (κ1) is 14.9. The summed E-state index contributed by atoms with van der Waals surface area (Å²) >= 11 is 12.0. The van der Waals surface area contributed by atoms with Gasteiger partial charge < -0.3 is 4.98 Å². The van der Waals surface area contributed by atoms with Crippen LogP contribution >= 0.6 is 23.2 Å². The van der Waals surface area contributed by atoms with Crippen molar-refractivity contribution < 1.29 is 0 Å². The number of H-pyrrole nitrogens is 1. The molecule has 1 heterocycles. The van der Waals surface area contributed by atoms with Gasteiger partial charge in [-0.25, -0.2) is 4.79 Å². The number of aromatic nitrogens is 2. The van der Waals surface area contributed by atoms with Gasteiger partial charge in [-0.15, -0.1) is 0 Å². The van der Waals surface area contributed by atoms with Crippen LogP contribution in [0, 0.1) is 0 Å². The number of rotatable bonds is 2. The van der Waals surface area contributed by atoms with E-state index in [0.29, 0.717) is 10.5 Å². The van der Waals surface area contributed by atoms with Gasteiger partial charge in [0, 0.05) is 5.02 Å². The smallest absolute Gasteiger partial charge is 0.307 e. The number of nitrogens with zero attached hydrogens (tertiary/aromatic N) is 1. The molecule has 0 unspecified atom stereocenters. The van der Waals surface area contributed by atoms with Gasteiger partial charge in [0.2, 0.25) is 0 Å². The minimum atomic E-state index is -0.493. The van der Waals surface area contributed by atoms with E-state index in [0.717, 1.165) is 10.1 Å². The summed E-state index contributed by atoms with van der Waals surface area (Å²) in [6.07, 6.45) is 0. The molecule has 0 bridgehead atoms. The second-order valence-corrected chi connectivity index (χ2v) is 5.85. The lowest BCUT2D eigenvalue weighted by molar-refractivity contribution is 0.585. The highest BCUT2D eigenvalue weighted by Gasteiger charge is 2.17. The van der Waals surface area contributed by atoms with Crippen LogP contribution in [0.15, 0.2) is 52.1 Å². The van der Waals surface area contributed by atoms with Crippen LogP contribution in [0.2, 0.25) is 10.0 Å². The van der Waals surface area contributed by atoms with Gasteiger partial charge in [-0.2, -0.15) is 0 Å². The minimum absolute atomic E-state index is 0.220. The van der Waals surface area contributed by atoms with E-state index in [1.54, 1.807) is 6.92 Å². The predicted octanol–water partition coefficient (Wildman–Crippen LogP) is 3.61. The van der Waals surface area contributed by atoms with E-state index in [4.69, 9.17) is 23.2 Å². The minimum Gasteiger partial charge on any atom is -0.307 e. The van der Waals surface area contributed by atoms with E-state index >= 15 is 0 Å². The molecule has 0 aliphatic heterocycles. The van der Waals surface area contributed by atoms with Crippen LogP contribution in [0.5, 0.6) is 0 Å². The molecular formula is C16H12Cl2N2O2. The molecule has 3 aromatic rings. The average molecular weight is 335 g/mol. The molecule has 4 nitrogen and oxygen atoms in total. The largest absolute Gasteiger partial charge is 0.329 e. The zero-order valence-corrected chi connectivity index (χ0v) is 13.2. The molecule has 0 amide bonds. The van der Waals surface area contributed by atoms with Gasteiger partial charge in [0.05, 0.1) is 22.0 Å². The Morgan fingerprint density at radius 3 is 2.45 bits per heavy atom. The van der Waals surface area contributed by atoms with Crippen molar-refractivity contribution in [2.45, 2.75) is 13.0 Å². The molecule has 22 heavy (non-hydrogen) atoms. The number of aromatic amines is 1. The van der Waals surface area contributed by atoms with Crippen molar-refractivity contribution in [2.75, 3.05) is 0 Å². The fraction of sp³-hybridized carbons (Fsp3) is 0.125. The van der Waals surface area contributed by atoms with Crippen molar-refractivity contribution in [1.82, 2.24) is 9.55 Å².